The summed E-state index contributed by atoms with van der Waals surface area (Å²) in [5.74, 6) is 0.378. The Bertz CT molecular complexity index is 470. The standard InChI is InChI=1S/C15H21NO2/c1-8-7-12(16)5-6-13(8)15(17)14-9(2)10(3)18-11(14)4/h5-7,9-11,14H,16H2,1-4H3. The van der Waals surface area contributed by atoms with E-state index < -0.39 is 0 Å². The third kappa shape index (κ3) is 2.15. The maximum Gasteiger partial charge on any atom is 0.169 e. The van der Waals surface area contributed by atoms with Gasteiger partial charge in [-0.1, -0.05) is 6.92 Å². The summed E-state index contributed by atoms with van der Waals surface area (Å²) in [7, 11) is 0. The molecule has 18 heavy (non-hydrogen) atoms. The van der Waals surface area contributed by atoms with E-state index >= 15 is 0 Å². The van der Waals surface area contributed by atoms with Gasteiger partial charge in [-0.05, 0) is 50.5 Å². The summed E-state index contributed by atoms with van der Waals surface area (Å²) in [6.07, 6.45) is 0.127. The van der Waals surface area contributed by atoms with Crippen LogP contribution in [0.25, 0.3) is 0 Å². The lowest BCUT2D eigenvalue weighted by Gasteiger charge is -2.18. The average Bonchev–Trinajstić information content (AvgIpc) is 2.52. The van der Waals surface area contributed by atoms with Crippen LogP contribution in [0.2, 0.25) is 0 Å². The summed E-state index contributed by atoms with van der Waals surface area (Å²) in [6.45, 7) is 8.03. The number of benzene rings is 1. The van der Waals surface area contributed by atoms with E-state index in [4.69, 9.17) is 10.5 Å². The fourth-order valence-electron chi connectivity index (χ4n) is 2.86. The Morgan fingerprint density at radius 2 is 1.89 bits per heavy atom. The van der Waals surface area contributed by atoms with Crippen molar-refractivity contribution in [2.45, 2.75) is 39.9 Å². The van der Waals surface area contributed by atoms with Crippen LogP contribution < -0.4 is 5.73 Å². The number of Topliss-reactive ketones (excluding diaryl/α,β-unsaturated/α-hetero) is 1. The fraction of sp³-hybridized carbons (Fsp3) is 0.533. The molecule has 1 aromatic carbocycles. The van der Waals surface area contributed by atoms with Gasteiger partial charge in [0.1, 0.15) is 0 Å². The average molecular weight is 247 g/mol. The van der Waals surface area contributed by atoms with Gasteiger partial charge < -0.3 is 10.5 Å². The van der Waals surface area contributed by atoms with Crippen molar-refractivity contribution in [3.05, 3.63) is 29.3 Å². The summed E-state index contributed by atoms with van der Waals surface area (Å²) in [5, 5.41) is 0. The van der Waals surface area contributed by atoms with E-state index in [0.29, 0.717) is 5.69 Å². The van der Waals surface area contributed by atoms with Gasteiger partial charge in [-0.25, -0.2) is 0 Å². The van der Waals surface area contributed by atoms with Gasteiger partial charge in [0, 0.05) is 11.3 Å². The zero-order valence-electron chi connectivity index (χ0n) is 11.4. The molecule has 1 heterocycles. The number of hydrogen-bond acceptors (Lipinski definition) is 3. The molecule has 1 aliphatic heterocycles. The van der Waals surface area contributed by atoms with Gasteiger partial charge in [0.05, 0.1) is 18.1 Å². The van der Waals surface area contributed by atoms with Crippen molar-refractivity contribution in [3.8, 4) is 0 Å². The Morgan fingerprint density at radius 3 is 2.39 bits per heavy atom. The monoisotopic (exact) mass is 247 g/mol. The summed E-state index contributed by atoms with van der Waals surface area (Å²) in [5.41, 5.74) is 8.13. The van der Waals surface area contributed by atoms with Gasteiger partial charge in [0.25, 0.3) is 0 Å². The van der Waals surface area contributed by atoms with Crippen molar-refractivity contribution >= 4 is 11.5 Å². The predicted molar refractivity (Wildman–Crippen MR) is 72.6 cm³/mol. The molecular formula is C15H21NO2. The Hall–Kier alpha value is -1.35. The molecule has 1 aliphatic rings. The number of nitrogens with two attached hydrogens (primary N) is 1. The van der Waals surface area contributed by atoms with Crippen molar-refractivity contribution in [2.75, 3.05) is 5.73 Å². The molecule has 0 amide bonds. The largest absolute Gasteiger partial charge is 0.399 e. The number of carbonyl (C=O) groups is 1. The molecule has 0 bridgehead atoms. The first kappa shape index (κ1) is 13.1. The molecule has 0 aliphatic carbocycles. The van der Waals surface area contributed by atoms with Crippen molar-refractivity contribution in [1.29, 1.82) is 0 Å². The molecule has 4 atom stereocenters. The molecule has 98 valence electrons. The first-order valence-corrected chi connectivity index (χ1v) is 6.47. The molecule has 0 saturated carbocycles. The summed E-state index contributed by atoms with van der Waals surface area (Å²) < 4.78 is 5.75. The molecule has 0 spiro atoms. The SMILES string of the molecule is Cc1cc(N)ccc1C(=O)C1C(C)OC(C)C1C. The lowest BCUT2D eigenvalue weighted by atomic mass is 9.82. The smallest absolute Gasteiger partial charge is 0.169 e. The lowest BCUT2D eigenvalue weighted by Crippen LogP contribution is -2.27. The molecule has 2 rings (SSSR count). The Labute approximate surface area is 108 Å². The zero-order valence-corrected chi connectivity index (χ0v) is 11.4. The molecule has 0 radical (unpaired) electrons. The van der Waals surface area contributed by atoms with Gasteiger partial charge >= 0.3 is 0 Å². The molecule has 2 N–H and O–H groups in total. The Kier molecular flexibility index (Phi) is 3.44. The highest BCUT2D eigenvalue weighted by molar-refractivity contribution is 6.00. The van der Waals surface area contributed by atoms with E-state index in [0.717, 1.165) is 11.1 Å². The molecule has 1 saturated heterocycles. The number of hydrogen-bond donors (Lipinski definition) is 1. The minimum absolute atomic E-state index is 0.0144. The molecule has 3 heteroatoms. The quantitative estimate of drug-likeness (QED) is 0.646. The summed E-state index contributed by atoms with van der Waals surface area (Å²) in [4.78, 5) is 12.6. The number of nitrogen functional groups attached to an aromatic ring is 1. The highest BCUT2D eigenvalue weighted by atomic mass is 16.5. The van der Waals surface area contributed by atoms with E-state index in [2.05, 4.69) is 6.92 Å². The minimum atomic E-state index is -0.0534. The second kappa shape index (κ2) is 4.73. The Balaban J connectivity index is 2.31. The minimum Gasteiger partial charge on any atom is -0.399 e. The van der Waals surface area contributed by atoms with Crippen LogP contribution in [-0.4, -0.2) is 18.0 Å². The molecular weight excluding hydrogens is 226 g/mol. The van der Waals surface area contributed by atoms with Crippen LogP contribution in [0, 0.1) is 18.8 Å². The van der Waals surface area contributed by atoms with E-state index in [-0.39, 0.29) is 29.8 Å². The van der Waals surface area contributed by atoms with Crippen molar-refractivity contribution in [2.24, 2.45) is 11.8 Å². The second-order valence-corrected chi connectivity index (χ2v) is 5.37. The molecule has 3 nitrogen and oxygen atoms in total. The van der Waals surface area contributed by atoms with Crippen LogP contribution >= 0.6 is 0 Å². The van der Waals surface area contributed by atoms with Gasteiger partial charge in [-0.15, -0.1) is 0 Å². The molecule has 0 aromatic heterocycles. The van der Waals surface area contributed by atoms with E-state index in [1.807, 2.05) is 32.9 Å². The lowest BCUT2D eigenvalue weighted by molar-refractivity contribution is 0.0491. The van der Waals surface area contributed by atoms with Crippen molar-refractivity contribution < 1.29 is 9.53 Å². The van der Waals surface area contributed by atoms with Gasteiger partial charge in [0.2, 0.25) is 0 Å². The third-order valence-electron chi connectivity index (χ3n) is 4.06. The van der Waals surface area contributed by atoms with Gasteiger partial charge in [-0.3, -0.25) is 4.79 Å². The number of aryl methyl sites for hydroxylation is 1. The fourth-order valence-corrected chi connectivity index (χ4v) is 2.86. The molecule has 1 fully saturated rings. The number of ether oxygens (including phenoxy) is 1. The molecule has 1 aromatic rings. The van der Waals surface area contributed by atoms with E-state index in [9.17, 15) is 4.79 Å². The van der Waals surface area contributed by atoms with Gasteiger partial charge in [0.15, 0.2) is 5.78 Å². The number of carbonyl (C=O) groups excluding carboxylic acids is 1. The van der Waals surface area contributed by atoms with Crippen LogP contribution in [-0.2, 0) is 4.74 Å². The van der Waals surface area contributed by atoms with Crippen LogP contribution in [0.1, 0.15) is 36.7 Å². The van der Waals surface area contributed by atoms with Crippen LogP contribution in [0.4, 0.5) is 5.69 Å². The third-order valence-corrected chi connectivity index (χ3v) is 4.06. The highest BCUT2D eigenvalue weighted by Crippen LogP contribution is 2.35. The number of ketones is 1. The number of rotatable bonds is 2. The summed E-state index contributed by atoms with van der Waals surface area (Å²) in [6, 6.07) is 5.46. The Morgan fingerprint density at radius 1 is 1.22 bits per heavy atom. The van der Waals surface area contributed by atoms with E-state index in [1.165, 1.54) is 0 Å². The topological polar surface area (TPSA) is 52.3 Å². The summed E-state index contributed by atoms with van der Waals surface area (Å²) >= 11 is 0. The van der Waals surface area contributed by atoms with Crippen LogP contribution in [0.15, 0.2) is 18.2 Å². The van der Waals surface area contributed by atoms with Crippen LogP contribution in [0.3, 0.4) is 0 Å². The van der Waals surface area contributed by atoms with Crippen LogP contribution in [0.5, 0.6) is 0 Å². The normalized spacial score (nSPS) is 31.6. The number of anilines is 1. The highest BCUT2D eigenvalue weighted by Gasteiger charge is 2.41. The first-order valence-electron chi connectivity index (χ1n) is 6.47. The molecule has 4 unspecified atom stereocenters. The first-order chi connectivity index (χ1) is 8.41. The maximum absolute atomic E-state index is 12.6. The van der Waals surface area contributed by atoms with Crippen molar-refractivity contribution in [1.82, 2.24) is 0 Å². The van der Waals surface area contributed by atoms with E-state index in [1.54, 1.807) is 6.07 Å². The predicted octanol–water partition coefficient (Wildman–Crippen LogP) is 2.82. The van der Waals surface area contributed by atoms with Gasteiger partial charge in [-0.2, -0.15) is 0 Å². The van der Waals surface area contributed by atoms with Crippen molar-refractivity contribution in [3.63, 3.8) is 0 Å². The maximum atomic E-state index is 12.6. The second-order valence-electron chi connectivity index (χ2n) is 5.37. The zero-order chi connectivity index (χ0) is 13.4.